The van der Waals surface area contributed by atoms with Crippen molar-refractivity contribution in [3.63, 3.8) is 0 Å². The number of methoxy groups -OCH3 is 1. The molecular weight excluding hydrogens is 242 g/mol. The van der Waals surface area contributed by atoms with Crippen LogP contribution in [0.25, 0.3) is 10.6 Å². The first-order chi connectivity index (χ1) is 7.63. The second-order valence-corrected chi connectivity index (χ2v) is 5.14. The minimum absolute atomic E-state index is 0.311. The van der Waals surface area contributed by atoms with E-state index in [1.165, 1.54) is 24.0 Å². The third kappa shape index (κ3) is 1.88. The van der Waals surface area contributed by atoms with Crippen LogP contribution in [0.5, 0.6) is 0 Å². The van der Waals surface area contributed by atoms with Gasteiger partial charge in [-0.15, -0.1) is 11.3 Å². The number of rotatable bonds is 2. The molecule has 0 radical (unpaired) electrons. The van der Waals surface area contributed by atoms with Crippen LogP contribution in [0.3, 0.4) is 0 Å². The summed E-state index contributed by atoms with van der Waals surface area (Å²) in [5.74, 6) is -0.311. The predicted molar refractivity (Wildman–Crippen MR) is 66.2 cm³/mol. The number of thiazole rings is 1. The normalized spacial score (nSPS) is 10.4. The van der Waals surface area contributed by atoms with Crippen molar-refractivity contribution >= 4 is 28.6 Å². The van der Waals surface area contributed by atoms with Crippen molar-refractivity contribution in [2.75, 3.05) is 7.11 Å². The lowest BCUT2D eigenvalue weighted by Crippen LogP contribution is -1.99. The van der Waals surface area contributed by atoms with Crippen LogP contribution in [-0.4, -0.2) is 18.1 Å². The zero-order valence-corrected chi connectivity index (χ0v) is 10.9. The van der Waals surface area contributed by atoms with Crippen LogP contribution in [0.4, 0.5) is 0 Å². The number of aryl methyl sites for hydroxylation is 2. The average Bonchev–Trinajstić information content (AvgIpc) is 2.83. The van der Waals surface area contributed by atoms with Crippen molar-refractivity contribution in [1.29, 1.82) is 0 Å². The third-order valence-electron chi connectivity index (χ3n) is 2.25. The molecule has 0 aliphatic carbocycles. The predicted octanol–water partition coefficient (Wildman–Crippen LogP) is 3.28. The van der Waals surface area contributed by atoms with Crippen LogP contribution in [0.2, 0.25) is 0 Å². The monoisotopic (exact) mass is 253 g/mol. The molecule has 84 valence electrons. The molecule has 2 aromatic heterocycles. The Kier molecular flexibility index (Phi) is 3.07. The van der Waals surface area contributed by atoms with Gasteiger partial charge in [-0.3, -0.25) is 0 Å². The van der Waals surface area contributed by atoms with Gasteiger partial charge in [-0.25, -0.2) is 9.78 Å². The van der Waals surface area contributed by atoms with Crippen molar-refractivity contribution in [1.82, 2.24) is 4.98 Å². The first kappa shape index (κ1) is 11.3. The summed E-state index contributed by atoms with van der Waals surface area (Å²) in [4.78, 5) is 16.4. The lowest BCUT2D eigenvalue weighted by molar-refractivity contribution is 0.0605. The maximum absolute atomic E-state index is 11.5. The molecule has 2 heterocycles. The molecule has 0 aliphatic heterocycles. The van der Waals surface area contributed by atoms with Gasteiger partial charge in [0.25, 0.3) is 0 Å². The van der Waals surface area contributed by atoms with E-state index in [0.717, 1.165) is 16.3 Å². The number of thiophene rings is 1. The first-order valence-electron chi connectivity index (χ1n) is 4.72. The molecule has 2 aromatic rings. The summed E-state index contributed by atoms with van der Waals surface area (Å²) in [5.41, 5.74) is 3.03. The Morgan fingerprint density at radius 2 is 2.12 bits per heavy atom. The van der Waals surface area contributed by atoms with E-state index < -0.39 is 0 Å². The molecule has 0 bridgehead atoms. The van der Waals surface area contributed by atoms with Crippen LogP contribution < -0.4 is 0 Å². The lowest BCUT2D eigenvalue weighted by Gasteiger charge is -1.93. The van der Waals surface area contributed by atoms with Crippen LogP contribution in [-0.2, 0) is 4.74 Å². The number of hydrogen-bond donors (Lipinski definition) is 0. The summed E-state index contributed by atoms with van der Waals surface area (Å²) in [6.45, 7) is 3.87. The van der Waals surface area contributed by atoms with Gasteiger partial charge >= 0.3 is 5.97 Å². The number of carbonyl (C=O) groups is 1. The van der Waals surface area contributed by atoms with Crippen LogP contribution in [0, 0.1) is 13.8 Å². The summed E-state index contributed by atoms with van der Waals surface area (Å²) in [6, 6.07) is 0. The number of nitrogens with zero attached hydrogens (tertiary/aromatic N) is 1. The number of carbonyl (C=O) groups excluding carboxylic acids is 1. The summed E-state index contributed by atoms with van der Waals surface area (Å²) in [5, 5.41) is 5.01. The maximum atomic E-state index is 11.5. The van der Waals surface area contributed by atoms with Gasteiger partial charge in [0.05, 0.1) is 12.8 Å². The van der Waals surface area contributed by atoms with Gasteiger partial charge in [0.1, 0.15) is 9.88 Å². The molecule has 5 heteroatoms. The van der Waals surface area contributed by atoms with Crippen molar-refractivity contribution in [3.05, 3.63) is 26.9 Å². The van der Waals surface area contributed by atoms with Gasteiger partial charge in [0, 0.05) is 10.9 Å². The number of esters is 1. The van der Waals surface area contributed by atoms with Crippen molar-refractivity contribution in [2.45, 2.75) is 13.8 Å². The van der Waals surface area contributed by atoms with Gasteiger partial charge in [-0.1, -0.05) is 0 Å². The largest absolute Gasteiger partial charge is 0.465 e. The van der Waals surface area contributed by atoms with Crippen LogP contribution in [0.15, 0.2) is 10.8 Å². The van der Waals surface area contributed by atoms with E-state index in [9.17, 15) is 4.79 Å². The zero-order valence-electron chi connectivity index (χ0n) is 9.23. The Hall–Kier alpha value is -1.20. The van der Waals surface area contributed by atoms with Crippen LogP contribution in [0.1, 0.15) is 20.9 Å². The minimum Gasteiger partial charge on any atom is -0.465 e. The summed E-state index contributed by atoms with van der Waals surface area (Å²) < 4.78 is 4.71. The Morgan fingerprint density at radius 1 is 1.38 bits per heavy atom. The fourth-order valence-electron chi connectivity index (χ4n) is 1.37. The second-order valence-electron chi connectivity index (χ2n) is 3.39. The summed E-state index contributed by atoms with van der Waals surface area (Å²) in [7, 11) is 1.39. The van der Waals surface area contributed by atoms with E-state index in [1.807, 2.05) is 13.8 Å². The van der Waals surface area contributed by atoms with Crippen molar-refractivity contribution in [3.8, 4) is 10.6 Å². The van der Waals surface area contributed by atoms with Gasteiger partial charge in [-0.2, -0.15) is 11.3 Å². The number of hydrogen-bond acceptors (Lipinski definition) is 5. The fraction of sp³-hybridized carbons (Fsp3) is 0.273. The maximum Gasteiger partial charge on any atom is 0.349 e. The quantitative estimate of drug-likeness (QED) is 0.771. The molecule has 0 saturated heterocycles. The first-order valence-corrected chi connectivity index (χ1v) is 6.48. The molecule has 0 fully saturated rings. The van der Waals surface area contributed by atoms with Gasteiger partial charge in [-0.05, 0) is 24.8 Å². The van der Waals surface area contributed by atoms with E-state index in [2.05, 4.69) is 15.7 Å². The molecule has 16 heavy (non-hydrogen) atoms. The Morgan fingerprint density at radius 3 is 2.69 bits per heavy atom. The molecule has 0 unspecified atom stereocenters. The molecule has 3 nitrogen and oxygen atoms in total. The molecule has 0 aliphatic rings. The molecule has 2 rings (SSSR count). The molecule has 0 saturated carbocycles. The topological polar surface area (TPSA) is 39.2 Å². The molecule has 0 atom stereocenters. The van der Waals surface area contributed by atoms with Gasteiger partial charge in [0.2, 0.25) is 0 Å². The molecular formula is C11H11NO2S2. The van der Waals surface area contributed by atoms with E-state index in [4.69, 9.17) is 4.74 Å². The molecule has 0 N–H and O–H groups in total. The smallest absolute Gasteiger partial charge is 0.349 e. The van der Waals surface area contributed by atoms with Crippen molar-refractivity contribution in [2.24, 2.45) is 0 Å². The van der Waals surface area contributed by atoms with Crippen LogP contribution >= 0.6 is 22.7 Å². The van der Waals surface area contributed by atoms with E-state index in [-0.39, 0.29) is 5.97 Å². The highest BCUT2D eigenvalue weighted by Crippen LogP contribution is 2.32. The zero-order chi connectivity index (χ0) is 11.7. The Labute approximate surface area is 102 Å². The van der Waals surface area contributed by atoms with Gasteiger partial charge in [0.15, 0.2) is 0 Å². The number of ether oxygens (including phenoxy) is 1. The number of aromatic nitrogens is 1. The van der Waals surface area contributed by atoms with Crippen molar-refractivity contribution < 1.29 is 9.53 Å². The molecule has 0 aromatic carbocycles. The SMILES string of the molecule is COC(=O)c1sc(-c2cscc2C)nc1C. The molecule has 0 amide bonds. The van der Waals surface area contributed by atoms with E-state index in [0.29, 0.717) is 4.88 Å². The van der Waals surface area contributed by atoms with E-state index >= 15 is 0 Å². The fourth-order valence-corrected chi connectivity index (χ4v) is 3.35. The third-order valence-corrected chi connectivity index (χ3v) is 4.29. The highest BCUT2D eigenvalue weighted by Gasteiger charge is 2.17. The van der Waals surface area contributed by atoms with Gasteiger partial charge < -0.3 is 4.74 Å². The second kappa shape index (κ2) is 4.35. The minimum atomic E-state index is -0.311. The standard InChI is InChI=1S/C11H11NO2S2/c1-6-4-15-5-8(6)10-12-7(2)9(16-10)11(13)14-3/h4-5H,1-3H3. The Balaban J connectivity index is 2.46. The highest BCUT2D eigenvalue weighted by molar-refractivity contribution is 7.17. The highest BCUT2D eigenvalue weighted by atomic mass is 32.1. The molecule has 0 spiro atoms. The Bertz CT molecular complexity index is 528. The lowest BCUT2D eigenvalue weighted by atomic mass is 10.2. The average molecular weight is 253 g/mol. The summed E-state index contributed by atoms with van der Waals surface area (Å²) >= 11 is 3.03. The summed E-state index contributed by atoms with van der Waals surface area (Å²) in [6.07, 6.45) is 0. The van der Waals surface area contributed by atoms with E-state index in [1.54, 1.807) is 11.3 Å².